The lowest BCUT2D eigenvalue weighted by Crippen LogP contribution is -2.47. The summed E-state index contributed by atoms with van der Waals surface area (Å²) in [5.41, 5.74) is 0.543. The number of ether oxygens (including phenoxy) is 1. The minimum Gasteiger partial charge on any atom is -0.513 e. The van der Waals surface area contributed by atoms with Gasteiger partial charge in [0.1, 0.15) is 5.60 Å². The Bertz CT molecular complexity index is 377. The van der Waals surface area contributed by atoms with Gasteiger partial charge in [-0.25, -0.2) is 4.79 Å². The molecule has 4 nitrogen and oxygen atoms in total. The lowest BCUT2D eigenvalue weighted by atomic mass is 9.96. The highest BCUT2D eigenvalue weighted by Gasteiger charge is 2.44. The molecule has 2 rings (SSSR count). The van der Waals surface area contributed by atoms with Crippen LogP contribution in [0.2, 0.25) is 0 Å². The number of allylic oxidation sites excluding steroid dienone is 1. The molecular formula is C14H23NO3. The maximum atomic E-state index is 12.2. The Morgan fingerprint density at radius 2 is 2.00 bits per heavy atom. The van der Waals surface area contributed by atoms with Gasteiger partial charge in [0, 0.05) is 6.04 Å². The first-order valence-electron chi connectivity index (χ1n) is 6.69. The maximum absolute atomic E-state index is 12.2. The molecule has 1 N–H and O–H groups in total. The molecule has 18 heavy (non-hydrogen) atoms. The van der Waals surface area contributed by atoms with Crippen molar-refractivity contribution < 1.29 is 14.6 Å². The summed E-state index contributed by atoms with van der Waals surface area (Å²) in [5, 5.41) is 9.73. The predicted octanol–water partition coefficient (Wildman–Crippen LogP) is 3.38. The smallest absolute Gasteiger partial charge is 0.411 e. The van der Waals surface area contributed by atoms with Gasteiger partial charge in [0.05, 0.1) is 11.8 Å². The Morgan fingerprint density at radius 3 is 2.56 bits per heavy atom. The number of amides is 1. The van der Waals surface area contributed by atoms with Crippen LogP contribution in [0, 0.1) is 0 Å². The highest BCUT2D eigenvalue weighted by molar-refractivity contribution is 5.70. The van der Waals surface area contributed by atoms with Crippen LogP contribution in [-0.4, -0.2) is 33.8 Å². The molecule has 2 fully saturated rings. The van der Waals surface area contributed by atoms with Crippen LogP contribution in [0.3, 0.4) is 0 Å². The molecule has 2 saturated heterocycles. The molecule has 102 valence electrons. The van der Waals surface area contributed by atoms with Crippen molar-refractivity contribution in [2.24, 2.45) is 0 Å². The molecule has 0 spiro atoms. The van der Waals surface area contributed by atoms with Crippen LogP contribution in [-0.2, 0) is 4.74 Å². The quantitative estimate of drug-likeness (QED) is 0.673. The number of fused-ring (bicyclic) bond motifs is 2. The summed E-state index contributed by atoms with van der Waals surface area (Å²) in [6.07, 6.45) is 3.55. The first-order chi connectivity index (χ1) is 8.29. The number of hydrogen-bond donors (Lipinski definition) is 1. The molecule has 0 aliphatic carbocycles. The number of hydrogen-bond acceptors (Lipinski definition) is 3. The van der Waals surface area contributed by atoms with Crippen LogP contribution in [0.15, 0.2) is 11.3 Å². The minimum atomic E-state index is -0.466. The van der Waals surface area contributed by atoms with Crippen LogP contribution >= 0.6 is 0 Å². The van der Waals surface area contributed by atoms with E-state index in [2.05, 4.69) is 0 Å². The van der Waals surface area contributed by atoms with Gasteiger partial charge in [0.2, 0.25) is 0 Å². The summed E-state index contributed by atoms with van der Waals surface area (Å²) >= 11 is 0. The van der Waals surface area contributed by atoms with Gasteiger partial charge >= 0.3 is 6.09 Å². The number of piperidine rings is 1. The fourth-order valence-corrected chi connectivity index (χ4v) is 3.01. The molecule has 0 aromatic carbocycles. The number of rotatable bonds is 0. The van der Waals surface area contributed by atoms with Gasteiger partial charge in [-0.2, -0.15) is 0 Å². The molecule has 2 heterocycles. The normalized spacial score (nSPS) is 30.3. The van der Waals surface area contributed by atoms with Gasteiger partial charge in [-0.05, 0) is 59.0 Å². The summed E-state index contributed by atoms with van der Waals surface area (Å²) in [6.45, 7) is 7.35. The number of aliphatic hydroxyl groups is 1. The third-order valence-corrected chi connectivity index (χ3v) is 3.72. The van der Waals surface area contributed by atoms with E-state index in [0.717, 1.165) is 31.3 Å². The third-order valence-electron chi connectivity index (χ3n) is 3.72. The van der Waals surface area contributed by atoms with Gasteiger partial charge in [0.15, 0.2) is 0 Å². The topological polar surface area (TPSA) is 49.8 Å². The maximum Gasteiger partial charge on any atom is 0.411 e. The first-order valence-corrected chi connectivity index (χ1v) is 6.69. The van der Waals surface area contributed by atoms with E-state index < -0.39 is 5.60 Å². The lowest BCUT2D eigenvalue weighted by molar-refractivity contribution is 0.0130. The van der Waals surface area contributed by atoms with E-state index in [1.807, 2.05) is 25.7 Å². The Morgan fingerprint density at radius 1 is 1.33 bits per heavy atom. The van der Waals surface area contributed by atoms with Crippen molar-refractivity contribution in [3.8, 4) is 0 Å². The molecule has 2 atom stereocenters. The van der Waals surface area contributed by atoms with E-state index in [1.165, 1.54) is 0 Å². The third kappa shape index (κ3) is 2.47. The highest BCUT2D eigenvalue weighted by Crippen LogP contribution is 2.40. The van der Waals surface area contributed by atoms with Gasteiger partial charge in [-0.1, -0.05) is 0 Å². The van der Waals surface area contributed by atoms with Gasteiger partial charge in [-0.3, -0.25) is 4.90 Å². The van der Waals surface area contributed by atoms with Crippen molar-refractivity contribution in [3.63, 3.8) is 0 Å². The molecule has 0 saturated carbocycles. The van der Waals surface area contributed by atoms with Crippen LogP contribution in [0.4, 0.5) is 4.79 Å². The van der Waals surface area contributed by atoms with Crippen molar-refractivity contribution in [2.75, 3.05) is 0 Å². The minimum absolute atomic E-state index is 0.0450. The molecule has 0 aromatic rings. The zero-order valence-electron chi connectivity index (χ0n) is 11.7. The molecule has 2 bridgehead atoms. The van der Waals surface area contributed by atoms with Gasteiger partial charge in [0.25, 0.3) is 0 Å². The van der Waals surface area contributed by atoms with E-state index in [0.29, 0.717) is 5.76 Å². The van der Waals surface area contributed by atoms with Crippen LogP contribution in [0.25, 0.3) is 0 Å². The van der Waals surface area contributed by atoms with Crippen LogP contribution < -0.4 is 0 Å². The van der Waals surface area contributed by atoms with Crippen molar-refractivity contribution >= 4 is 6.09 Å². The van der Waals surface area contributed by atoms with E-state index in [-0.39, 0.29) is 18.2 Å². The van der Waals surface area contributed by atoms with E-state index in [4.69, 9.17) is 4.74 Å². The van der Waals surface area contributed by atoms with Crippen LogP contribution in [0.1, 0.15) is 53.4 Å². The SMILES string of the molecule is C/C(O)=C1\CC[C@H]2CC[C@@H]1N2C(=O)OC(C)(C)C. The summed E-state index contributed by atoms with van der Waals surface area (Å²) < 4.78 is 5.47. The number of aliphatic hydroxyl groups excluding tert-OH is 1. The van der Waals surface area contributed by atoms with Crippen molar-refractivity contribution in [1.29, 1.82) is 0 Å². The highest BCUT2D eigenvalue weighted by atomic mass is 16.6. The standard InChI is InChI=1S/C14H23NO3/c1-9(16)11-7-5-10-6-8-12(11)15(10)13(17)18-14(2,3)4/h10,12,16H,5-8H2,1-4H3/b11-9-/t10-,12-/m0/s1. The van der Waals surface area contributed by atoms with Gasteiger partial charge in [-0.15, -0.1) is 0 Å². The Kier molecular flexibility index (Phi) is 3.30. The molecular weight excluding hydrogens is 230 g/mol. The Hall–Kier alpha value is -1.19. The lowest BCUT2D eigenvalue weighted by Gasteiger charge is -2.37. The van der Waals surface area contributed by atoms with Crippen molar-refractivity contribution in [2.45, 2.75) is 71.1 Å². The molecule has 1 amide bonds. The summed E-state index contributed by atoms with van der Waals surface area (Å²) in [6, 6.07) is 0.330. The molecule has 4 heteroatoms. The van der Waals surface area contributed by atoms with Gasteiger partial charge < -0.3 is 9.84 Å². The van der Waals surface area contributed by atoms with E-state index in [9.17, 15) is 9.90 Å². The average Bonchev–Trinajstić information content (AvgIpc) is 2.49. The zero-order chi connectivity index (χ0) is 13.5. The molecule has 2 aliphatic rings. The fraction of sp³-hybridized carbons (Fsp3) is 0.786. The second-order valence-electron chi connectivity index (χ2n) is 6.28. The summed E-state index contributed by atoms with van der Waals surface area (Å²) in [7, 11) is 0. The zero-order valence-corrected chi connectivity index (χ0v) is 11.7. The molecule has 0 unspecified atom stereocenters. The number of carbonyl (C=O) groups excluding carboxylic acids is 1. The first kappa shape index (κ1) is 13.2. The summed E-state index contributed by atoms with van der Waals surface area (Å²) in [4.78, 5) is 14.1. The number of nitrogens with zero attached hydrogens (tertiary/aromatic N) is 1. The summed E-state index contributed by atoms with van der Waals surface area (Å²) in [5.74, 6) is 0.369. The second-order valence-corrected chi connectivity index (χ2v) is 6.28. The van der Waals surface area contributed by atoms with E-state index >= 15 is 0 Å². The fourth-order valence-electron chi connectivity index (χ4n) is 3.01. The molecule has 0 radical (unpaired) electrons. The second kappa shape index (κ2) is 4.48. The average molecular weight is 253 g/mol. The monoisotopic (exact) mass is 253 g/mol. The molecule has 2 aliphatic heterocycles. The predicted molar refractivity (Wildman–Crippen MR) is 69.4 cm³/mol. The van der Waals surface area contributed by atoms with Crippen molar-refractivity contribution in [3.05, 3.63) is 11.3 Å². The largest absolute Gasteiger partial charge is 0.513 e. The van der Waals surface area contributed by atoms with Crippen LogP contribution in [0.5, 0.6) is 0 Å². The van der Waals surface area contributed by atoms with E-state index in [1.54, 1.807) is 6.92 Å². The van der Waals surface area contributed by atoms with Crippen molar-refractivity contribution in [1.82, 2.24) is 4.90 Å². The number of carbonyl (C=O) groups is 1. The molecule has 0 aromatic heterocycles. The Labute approximate surface area is 109 Å². The Balaban J connectivity index is 2.18.